The molecule has 0 saturated heterocycles. The summed E-state index contributed by atoms with van der Waals surface area (Å²) in [5.74, 6) is 0.207. The van der Waals surface area contributed by atoms with Crippen LogP contribution in [0, 0.1) is 0 Å². The Morgan fingerprint density at radius 2 is 2.21 bits per heavy atom. The van der Waals surface area contributed by atoms with Crippen LogP contribution in [0.15, 0.2) is 18.2 Å². The Hall–Kier alpha value is -1.35. The summed E-state index contributed by atoms with van der Waals surface area (Å²) < 4.78 is 5.04. The molecule has 3 nitrogen and oxygen atoms in total. The minimum Gasteiger partial charge on any atom is -0.496 e. The van der Waals surface area contributed by atoms with Gasteiger partial charge < -0.3 is 9.84 Å². The molecule has 14 heavy (non-hydrogen) atoms. The van der Waals surface area contributed by atoms with Crippen LogP contribution in [0.4, 0.5) is 0 Å². The van der Waals surface area contributed by atoms with Crippen molar-refractivity contribution in [2.24, 2.45) is 0 Å². The van der Waals surface area contributed by atoms with Crippen molar-refractivity contribution in [3.8, 4) is 5.75 Å². The van der Waals surface area contributed by atoms with E-state index >= 15 is 0 Å². The van der Waals surface area contributed by atoms with Gasteiger partial charge in [-0.3, -0.25) is 4.79 Å². The SMILES string of the molecule is CCc1ccc(OC)c(C(=O)CO)c1. The van der Waals surface area contributed by atoms with Crippen LogP contribution in [0.2, 0.25) is 0 Å². The highest BCUT2D eigenvalue weighted by atomic mass is 16.5. The maximum absolute atomic E-state index is 11.3. The summed E-state index contributed by atoms with van der Waals surface area (Å²) in [5.41, 5.74) is 1.51. The standard InChI is InChI=1S/C11H14O3/c1-3-8-4-5-11(14-2)9(6-8)10(13)7-12/h4-6,12H,3,7H2,1-2H3. The van der Waals surface area contributed by atoms with E-state index in [1.165, 1.54) is 7.11 Å². The van der Waals surface area contributed by atoms with Gasteiger partial charge in [-0.1, -0.05) is 13.0 Å². The van der Waals surface area contributed by atoms with Crippen molar-refractivity contribution < 1.29 is 14.6 Å². The summed E-state index contributed by atoms with van der Waals surface area (Å²) in [7, 11) is 1.51. The molecule has 0 fully saturated rings. The third kappa shape index (κ3) is 2.12. The number of Topliss-reactive ketones (excluding diaryl/α,β-unsaturated/α-hetero) is 1. The lowest BCUT2D eigenvalue weighted by Gasteiger charge is -2.07. The fourth-order valence-electron chi connectivity index (χ4n) is 1.28. The summed E-state index contributed by atoms with van der Waals surface area (Å²) >= 11 is 0. The van der Waals surface area contributed by atoms with E-state index < -0.39 is 6.61 Å². The molecule has 0 heterocycles. The third-order valence-electron chi connectivity index (χ3n) is 2.12. The second-order valence-corrected chi connectivity index (χ2v) is 2.97. The maximum Gasteiger partial charge on any atom is 0.191 e. The van der Waals surface area contributed by atoms with Gasteiger partial charge in [0.15, 0.2) is 5.78 Å². The van der Waals surface area contributed by atoms with Crippen LogP contribution in [-0.2, 0) is 6.42 Å². The summed E-state index contributed by atoms with van der Waals surface area (Å²) in [6.45, 7) is 1.53. The number of hydrogen-bond acceptors (Lipinski definition) is 3. The van der Waals surface area contributed by atoms with Crippen molar-refractivity contribution in [1.29, 1.82) is 0 Å². The molecule has 0 amide bonds. The van der Waals surface area contributed by atoms with E-state index in [-0.39, 0.29) is 5.78 Å². The highest BCUT2D eigenvalue weighted by Crippen LogP contribution is 2.20. The molecule has 0 aliphatic rings. The number of aliphatic hydroxyl groups is 1. The van der Waals surface area contributed by atoms with Gasteiger partial charge in [-0.15, -0.1) is 0 Å². The molecular weight excluding hydrogens is 180 g/mol. The van der Waals surface area contributed by atoms with Gasteiger partial charge in [0.1, 0.15) is 12.4 Å². The van der Waals surface area contributed by atoms with E-state index in [0.717, 1.165) is 12.0 Å². The van der Waals surface area contributed by atoms with Crippen molar-refractivity contribution in [2.75, 3.05) is 13.7 Å². The highest BCUT2D eigenvalue weighted by molar-refractivity contribution is 5.99. The minimum absolute atomic E-state index is 0.308. The van der Waals surface area contributed by atoms with Crippen molar-refractivity contribution >= 4 is 5.78 Å². The first-order chi connectivity index (χ1) is 6.72. The van der Waals surface area contributed by atoms with Gasteiger partial charge in [0.2, 0.25) is 0 Å². The number of ketones is 1. The van der Waals surface area contributed by atoms with Crippen LogP contribution in [0.25, 0.3) is 0 Å². The minimum atomic E-state index is -0.483. The van der Waals surface area contributed by atoms with E-state index in [9.17, 15) is 4.79 Å². The van der Waals surface area contributed by atoms with Crippen LogP contribution in [-0.4, -0.2) is 24.6 Å². The number of hydrogen-bond donors (Lipinski definition) is 1. The predicted molar refractivity (Wildman–Crippen MR) is 53.8 cm³/mol. The molecule has 1 aromatic rings. The van der Waals surface area contributed by atoms with Crippen molar-refractivity contribution in [3.05, 3.63) is 29.3 Å². The Morgan fingerprint density at radius 3 is 2.71 bits per heavy atom. The molecule has 0 aliphatic carbocycles. The van der Waals surface area contributed by atoms with Crippen molar-refractivity contribution in [3.63, 3.8) is 0 Å². The van der Waals surface area contributed by atoms with Crippen LogP contribution >= 0.6 is 0 Å². The monoisotopic (exact) mass is 194 g/mol. The summed E-state index contributed by atoms with van der Waals surface area (Å²) in [6, 6.07) is 5.42. The molecule has 0 unspecified atom stereocenters. The zero-order valence-electron chi connectivity index (χ0n) is 8.41. The number of rotatable bonds is 4. The molecule has 1 rings (SSSR count). The topological polar surface area (TPSA) is 46.5 Å². The second kappa shape index (κ2) is 4.77. The number of aliphatic hydroxyl groups excluding tert-OH is 1. The first kappa shape index (κ1) is 10.7. The third-order valence-corrected chi connectivity index (χ3v) is 2.12. The van der Waals surface area contributed by atoms with E-state index in [1.807, 2.05) is 13.0 Å². The summed E-state index contributed by atoms with van der Waals surface area (Å²) in [5, 5.41) is 8.77. The number of aryl methyl sites for hydroxylation is 1. The average Bonchev–Trinajstić information content (AvgIpc) is 2.27. The van der Waals surface area contributed by atoms with Gasteiger partial charge in [0.25, 0.3) is 0 Å². The van der Waals surface area contributed by atoms with Crippen molar-refractivity contribution in [1.82, 2.24) is 0 Å². The van der Waals surface area contributed by atoms with Crippen LogP contribution in [0.3, 0.4) is 0 Å². The number of carbonyl (C=O) groups is 1. The lowest BCUT2D eigenvalue weighted by Crippen LogP contribution is -2.07. The first-order valence-corrected chi connectivity index (χ1v) is 4.53. The molecule has 0 aliphatic heterocycles. The molecule has 0 saturated carbocycles. The highest BCUT2D eigenvalue weighted by Gasteiger charge is 2.11. The van der Waals surface area contributed by atoms with Crippen molar-refractivity contribution in [2.45, 2.75) is 13.3 Å². The van der Waals surface area contributed by atoms with E-state index in [4.69, 9.17) is 9.84 Å². The van der Waals surface area contributed by atoms with Gasteiger partial charge in [-0.2, -0.15) is 0 Å². The molecule has 1 aromatic carbocycles. The maximum atomic E-state index is 11.3. The number of carbonyl (C=O) groups excluding carboxylic acids is 1. The Morgan fingerprint density at radius 1 is 1.50 bits per heavy atom. The van der Waals surface area contributed by atoms with Gasteiger partial charge in [-0.25, -0.2) is 0 Å². The van der Waals surface area contributed by atoms with E-state index in [0.29, 0.717) is 11.3 Å². The van der Waals surface area contributed by atoms with Crippen LogP contribution in [0.1, 0.15) is 22.8 Å². The molecule has 0 radical (unpaired) electrons. The molecule has 76 valence electrons. The average molecular weight is 194 g/mol. The van der Waals surface area contributed by atoms with Gasteiger partial charge in [-0.05, 0) is 24.1 Å². The number of methoxy groups -OCH3 is 1. The molecule has 1 N–H and O–H groups in total. The number of ether oxygens (including phenoxy) is 1. The van der Waals surface area contributed by atoms with Gasteiger partial charge in [0.05, 0.1) is 12.7 Å². The molecule has 3 heteroatoms. The molecular formula is C11H14O3. The fraction of sp³-hybridized carbons (Fsp3) is 0.364. The van der Waals surface area contributed by atoms with Crippen LogP contribution < -0.4 is 4.74 Å². The Balaban J connectivity index is 3.14. The zero-order valence-corrected chi connectivity index (χ0v) is 8.41. The fourth-order valence-corrected chi connectivity index (χ4v) is 1.28. The zero-order chi connectivity index (χ0) is 10.6. The Labute approximate surface area is 83.3 Å². The Kier molecular flexibility index (Phi) is 3.65. The van der Waals surface area contributed by atoms with E-state index in [2.05, 4.69) is 0 Å². The lowest BCUT2D eigenvalue weighted by molar-refractivity contribution is 0.0900. The molecule has 0 spiro atoms. The first-order valence-electron chi connectivity index (χ1n) is 4.53. The van der Waals surface area contributed by atoms with Gasteiger partial charge in [0, 0.05) is 0 Å². The molecule has 0 bridgehead atoms. The predicted octanol–water partition coefficient (Wildman–Crippen LogP) is 1.43. The summed E-state index contributed by atoms with van der Waals surface area (Å²) in [6.07, 6.45) is 0.857. The van der Waals surface area contributed by atoms with E-state index in [1.54, 1.807) is 12.1 Å². The quantitative estimate of drug-likeness (QED) is 0.737. The largest absolute Gasteiger partial charge is 0.496 e. The number of benzene rings is 1. The van der Waals surface area contributed by atoms with Crippen LogP contribution in [0.5, 0.6) is 5.75 Å². The smallest absolute Gasteiger partial charge is 0.191 e. The Bertz CT molecular complexity index is 331. The second-order valence-electron chi connectivity index (χ2n) is 2.97. The lowest BCUT2D eigenvalue weighted by atomic mass is 10.0. The normalized spacial score (nSPS) is 9.93. The molecule has 0 atom stereocenters. The van der Waals surface area contributed by atoms with Gasteiger partial charge >= 0.3 is 0 Å². The molecule has 0 aromatic heterocycles. The summed E-state index contributed by atoms with van der Waals surface area (Å²) in [4.78, 5) is 11.3.